The van der Waals surface area contributed by atoms with Crippen LogP contribution in [0.25, 0.3) is 0 Å². The van der Waals surface area contributed by atoms with Crippen molar-refractivity contribution in [1.29, 1.82) is 0 Å². The number of hydrazine groups is 1. The maximum Gasteiger partial charge on any atom is 0.142 e. The van der Waals surface area contributed by atoms with Gasteiger partial charge in [0.2, 0.25) is 0 Å². The molecule has 7 heteroatoms. The van der Waals surface area contributed by atoms with Gasteiger partial charge in [0.05, 0.1) is 34.7 Å². The Kier molecular flexibility index (Phi) is 4.01. The van der Waals surface area contributed by atoms with Crippen molar-refractivity contribution in [3.63, 3.8) is 0 Å². The van der Waals surface area contributed by atoms with Crippen LogP contribution in [0.1, 0.15) is 17.3 Å². The fraction of sp³-hybridized carbons (Fsp3) is 0.200. The normalized spacial score (nSPS) is 12.6. The Bertz CT molecular complexity index is 491. The van der Waals surface area contributed by atoms with Gasteiger partial charge in [0.15, 0.2) is 0 Å². The molecule has 0 aliphatic heterocycles. The maximum absolute atomic E-state index is 13.3. The molecule has 0 radical (unpaired) electrons. The fourth-order valence-electron chi connectivity index (χ4n) is 1.48. The van der Waals surface area contributed by atoms with Gasteiger partial charge < -0.3 is 0 Å². The zero-order chi connectivity index (χ0) is 12.3. The summed E-state index contributed by atoms with van der Waals surface area (Å²) in [7, 11) is 0. The van der Waals surface area contributed by atoms with Gasteiger partial charge >= 0.3 is 0 Å². The minimum atomic E-state index is -0.434. The Morgan fingerprint density at radius 3 is 2.94 bits per heavy atom. The lowest BCUT2D eigenvalue weighted by Crippen LogP contribution is -2.29. The fourth-order valence-corrected chi connectivity index (χ4v) is 2.07. The van der Waals surface area contributed by atoms with Crippen LogP contribution in [-0.4, -0.2) is 8.75 Å². The summed E-state index contributed by atoms with van der Waals surface area (Å²) in [4.78, 5) is 0. The topological polar surface area (TPSA) is 63.8 Å². The first-order chi connectivity index (χ1) is 8.20. The van der Waals surface area contributed by atoms with Crippen LogP contribution in [0, 0.1) is 5.82 Å². The number of nitrogens with zero attached hydrogens (tertiary/aromatic N) is 2. The van der Waals surface area contributed by atoms with Crippen molar-refractivity contribution in [2.24, 2.45) is 5.84 Å². The largest absolute Gasteiger partial charge is 0.271 e. The van der Waals surface area contributed by atoms with E-state index in [-0.39, 0.29) is 11.1 Å². The summed E-state index contributed by atoms with van der Waals surface area (Å²) in [6.45, 7) is 0. The van der Waals surface area contributed by atoms with Gasteiger partial charge in [-0.3, -0.25) is 11.3 Å². The Morgan fingerprint density at radius 1 is 1.53 bits per heavy atom. The molecule has 0 saturated heterocycles. The van der Waals surface area contributed by atoms with Gasteiger partial charge in [0.25, 0.3) is 0 Å². The summed E-state index contributed by atoms with van der Waals surface area (Å²) in [6.07, 6.45) is 2.16. The molecule has 17 heavy (non-hydrogen) atoms. The summed E-state index contributed by atoms with van der Waals surface area (Å²) in [5.74, 6) is 5.01. The third-order valence-corrected chi connectivity index (χ3v) is 3.16. The number of nitrogens with one attached hydrogen (secondary N) is 1. The molecule has 0 aliphatic carbocycles. The number of hydrogen-bond acceptors (Lipinski definition) is 5. The molecule has 4 nitrogen and oxygen atoms in total. The van der Waals surface area contributed by atoms with E-state index in [1.807, 2.05) is 0 Å². The molecule has 1 aromatic carbocycles. The molecule has 0 saturated carbocycles. The summed E-state index contributed by atoms with van der Waals surface area (Å²) < 4.78 is 21.3. The lowest BCUT2D eigenvalue weighted by molar-refractivity contribution is 0.539. The highest BCUT2D eigenvalue weighted by molar-refractivity contribution is 6.99. The van der Waals surface area contributed by atoms with Crippen LogP contribution < -0.4 is 11.3 Å². The zero-order valence-electron chi connectivity index (χ0n) is 8.73. The van der Waals surface area contributed by atoms with Crippen LogP contribution in [0.4, 0.5) is 4.39 Å². The van der Waals surface area contributed by atoms with Crippen molar-refractivity contribution in [3.8, 4) is 0 Å². The Balaban J connectivity index is 2.16. The van der Waals surface area contributed by atoms with E-state index < -0.39 is 5.82 Å². The molecule has 90 valence electrons. The van der Waals surface area contributed by atoms with Crippen LogP contribution >= 0.6 is 23.3 Å². The molecule has 1 atom stereocenters. The van der Waals surface area contributed by atoms with Gasteiger partial charge in [-0.2, -0.15) is 8.75 Å². The van der Waals surface area contributed by atoms with E-state index in [0.717, 1.165) is 23.0 Å². The summed E-state index contributed by atoms with van der Waals surface area (Å²) in [5.41, 5.74) is 4.17. The first kappa shape index (κ1) is 12.4. The van der Waals surface area contributed by atoms with Gasteiger partial charge in [0, 0.05) is 0 Å². The van der Waals surface area contributed by atoms with E-state index >= 15 is 0 Å². The SMILES string of the molecule is NNC(Cc1ccc(Cl)c(F)c1)c1cnsn1. The number of nitrogens with two attached hydrogens (primary N) is 1. The Hall–Kier alpha value is -1.08. The molecular weight excluding hydrogens is 263 g/mol. The molecule has 0 aliphatic rings. The molecule has 0 spiro atoms. The lowest BCUT2D eigenvalue weighted by Gasteiger charge is -2.13. The monoisotopic (exact) mass is 272 g/mol. The zero-order valence-corrected chi connectivity index (χ0v) is 10.3. The molecule has 1 aromatic heterocycles. The molecule has 3 N–H and O–H groups in total. The third kappa shape index (κ3) is 2.98. The quantitative estimate of drug-likeness (QED) is 0.661. The smallest absolute Gasteiger partial charge is 0.142 e. The molecule has 0 amide bonds. The van der Waals surface area contributed by atoms with Crippen LogP contribution in [0.15, 0.2) is 24.4 Å². The highest BCUT2D eigenvalue weighted by Gasteiger charge is 2.14. The Morgan fingerprint density at radius 2 is 2.35 bits per heavy atom. The average Bonchev–Trinajstić information content (AvgIpc) is 2.84. The highest BCUT2D eigenvalue weighted by Crippen LogP contribution is 2.20. The second kappa shape index (κ2) is 5.50. The van der Waals surface area contributed by atoms with Gasteiger partial charge in [0.1, 0.15) is 5.82 Å². The van der Waals surface area contributed by atoms with Crippen molar-refractivity contribution >= 4 is 23.3 Å². The second-order valence-electron chi connectivity index (χ2n) is 3.50. The maximum atomic E-state index is 13.3. The molecule has 2 rings (SSSR count). The molecule has 0 bridgehead atoms. The van der Waals surface area contributed by atoms with Crippen molar-refractivity contribution in [1.82, 2.24) is 14.2 Å². The van der Waals surface area contributed by atoms with Crippen molar-refractivity contribution in [2.75, 3.05) is 0 Å². The van der Waals surface area contributed by atoms with Gasteiger partial charge in [-0.25, -0.2) is 4.39 Å². The van der Waals surface area contributed by atoms with E-state index in [0.29, 0.717) is 6.42 Å². The van der Waals surface area contributed by atoms with Crippen LogP contribution in [0.5, 0.6) is 0 Å². The Labute approximate surface area is 107 Å². The third-order valence-electron chi connectivity index (χ3n) is 2.36. The molecular formula is C10H10ClFN4S. The first-order valence-electron chi connectivity index (χ1n) is 4.88. The number of benzene rings is 1. The van der Waals surface area contributed by atoms with Gasteiger partial charge in [-0.1, -0.05) is 17.7 Å². The number of rotatable bonds is 4. The van der Waals surface area contributed by atoms with E-state index in [1.54, 1.807) is 12.3 Å². The van der Waals surface area contributed by atoms with E-state index in [1.165, 1.54) is 12.1 Å². The summed E-state index contributed by atoms with van der Waals surface area (Å²) in [6, 6.07) is 4.50. The second-order valence-corrected chi connectivity index (χ2v) is 4.47. The predicted molar refractivity (Wildman–Crippen MR) is 65.1 cm³/mol. The predicted octanol–water partition coefficient (Wildman–Crippen LogP) is 2.08. The number of hydrogen-bond donors (Lipinski definition) is 2. The molecule has 1 heterocycles. The van der Waals surface area contributed by atoms with E-state index in [4.69, 9.17) is 17.4 Å². The standard InChI is InChI=1S/C10H10ClFN4S/c11-7-2-1-6(3-8(7)12)4-9(15-13)10-5-14-17-16-10/h1-3,5,9,15H,4,13H2. The molecule has 0 fully saturated rings. The van der Waals surface area contributed by atoms with Crippen LogP contribution in [0.2, 0.25) is 5.02 Å². The lowest BCUT2D eigenvalue weighted by atomic mass is 10.0. The summed E-state index contributed by atoms with van der Waals surface area (Å²) in [5, 5.41) is 0.112. The highest BCUT2D eigenvalue weighted by atomic mass is 35.5. The van der Waals surface area contributed by atoms with Crippen molar-refractivity contribution < 1.29 is 4.39 Å². The van der Waals surface area contributed by atoms with E-state index in [2.05, 4.69) is 14.2 Å². The van der Waals surface area contributed by atoms with Gasteiger partial charge in [-0.15, -0.1) is 0 Å². The molecule has 1 unspecified atom stereocenters. The first-order valence-corrected chi connectivity index (χ1v) is 5.99. The number of halogens is 2. The minimum Gasteiger partial charge on any atom is -0.271 e. The van der Waals surface area contributed by atoms with Gasteiger partial charge in [-0.05, 0) is 24.1 Å². The van der Waals surface area contributed by atoms with Crippen molar-refractivity contribution in [3.05, 3.63) is 46.5 Å². The average molecular weight is 273 g/mol. The number of aromatic nitrogens is 2. The summed E-state index contributed by atoms with van der Waals surface area (Å²) >= 11 is 6.72. The van der Waals surface area contributed by atoms with Crippen molar-refractivity contribution in [2.45, 2.75) is 12.5 Å². The molecule has 2 aromatic rings. The van der Waals surface area contributed by atoms with Crippen LogP contribution in [0.3, 0.4) is 0 Å². The van der Waals surface area contributed by atoms with Crippen LogP contribution in [-0.2, 0) is 6.42 Å². The van der Waals surface area contributed by atoms with E-state index in [9.17, 15) is 4.39 Å². The minimum absolute atomic E-state index is 0.112.